The number of rotatable bonds is 3. The van der Waals surface area contributed by atoms with Crippen molar-refractivity contribution in [2.75, 3.05) is 5.73 Å². The zero-order valence-corrected chi connectivity index (χ0v) is 11.4. The number of hydrogen-bond donors (Lipinski definition) is 1. The molecule has 0 aliphatic carbocycles. The Morgan fingerprint density at radius 1 is 1.16 bits per heavy atom. The van der Waals surface area contributed by atoms with E-state index in [0.29, 0.717) is 10.6 Å². The van der Waals surface area contributed by atoms with Crippen LogP contribution in [0.25, 0.3) is 0 Å². The van der Waals surface area contributed by atoms with Crippen LogP contribution in [0, 0.1) is 5.82 Å². The summed E-state index contributed by atoms with van der Waals surface area (Å²) < 4.78 is 37.6. The van der Waals surface area contributed by atoms with E-state index in [1.807, 2.05) is 0 Å². The van der Waals surface area contributed by atoms with Crippen molar-refractivity contribution in [2.24, 2.45) is 0 Å². The van der Waals surface area contributed by atoms with Gasteiger partial charge in [0.25, 0.3) is 0 Å². The maximum atomic E-state index is 13.3. The van der Waals surface area contributed by atoms with Crippen molar-refractivity contribution in [3.05, 3.63) is 58.9 Å². The van der Waals surface area contributed by atoms with Gasteiger partial charge in [-0.05, 0) is 29.8 Å². The van der Waals surface area contributed by atoms with Gasteiger partial charge >= 0.3 is 0 Å². The smallest absolute Gasteiger partial charge is 0.182 e. The molecule has 19 heavy (non-hydrogen) atoms. The summed E-state index contributed by atoms with van der Waals surface area (Å²) in [5.74, 6) is -1.03. The standard InChI is InChI=1S/C13H11ClFNO2S/c14-11-4-2-1-3-9(11)8-19(17,18)10-5-6-13(16)12(15)7-10/h1-7H,8,16H2. The van der Waals surface area contributed by atoms with E-state index >= 15 is 0 Å². The average molecular weight is 300 g/mol. The third kappa shape index (κ3) is 3.05. The minimum absolute atomic E-state index is 0.0864. The van der Waals surface area contributed by atoms with Crippen LogP contribution in [-0.2, 0) is 15.6 Å². The summed E-state index contributed by atoms with van der Waals surface area (Å²) >= 11 is 5.92. The molecule has 0 saturated carbocycles. The highest BCUT2D eigenvalue weighted by Gasteiger charge is 2.18. The Morgan fingerprint density at radius 2 is 1.84 bits per heavy atom. The van der Waals surface area contributed by atoms with Crippen molar-refractivity contribution >= 4 is 27.1 Å². The van der Waals surface area contributed by atoms with E-state index in [1.54, 1.807) is 24.3 Å². The Morgan fingerprint density at radius 3 is 2.47 bits per heavy atom. The molecule has 2 aromatic carbocycles. The fourth-order valence-electron chi connectivity index (χ4n) is 1.60. The Hall–Kier alpha value is -1.59. The lowest BCUT2D eigenvalue weighted by Gasteiger charge is -2.07. The number of sulfone groups is 1. The van der Waals surface area contributed by atoms with Gasteiger partial charge < -0.3 is 5.73 Å². The molecular formula is C13H11ClFNO2S. The summed E-state index contributed by atoms with van der Waals surface area (Å²) in [6.45, 7) is 0. The zero-order chi connectivity index (χ0) is 14.0. The van der Waals surface area contributed by atoms with Crippen LogP contribution in [0.5, 0.6) is 0 Å². The average Bonchev–Trinajstić information content (AvgIpc) is 2.35. The van der Waals surface area contributed by atoms with Gasteiger partial charge in [-0.3, -0.25) is 0 Å². The predicted octanol–water partition coefficient (Wildman–Crippen LogP) is 3.04. The first-order chi connectivity index (χ1) is 8.90. The highest BCUT2D eigenvalue weighted by atomic mass is 35.5. The topological polar surface area (TPSA) is 60.2 Å². The van der Waals surface area contributed by atoms with E-state index in [2.05, 4.69) is 0 Å². The van der Waals surface area contributed by atoms with Gasteiger partial charge in [0, 0.05) is 5.02 Å². The van der Waals surface area contributed by atoms with Crippen LogP contribution in [0.3, 0.4) is 0 Å². The zero-order valence-electron chi connectivity index (χ0n) is 9.81. The maximum absolute atomic E-state index is 13.3. The van der Waals surface area contributed by atoms with E-state index in [4.69, 9.17) is 17.3 Å². The fourth-order valence-corrected chi connectivity index (χ4v) is 3.27. The van der Waals surface area contributed by atoms with Crippen LogP contribution < -0.4 is 5.73 Å². The van der Waals surface area contributed by atoms with Crippen molar-refractivity contribution in [3.8, 4) is 0 Å². The molecule has 0 bridgehead atoms. The van der Waals surface area contributed by atoms with Gasteiger partial charge in [0.2, 0.25) is 0 Å². The molecule has 2 N–H and O–H groups in total. The minimum atomic E-state index is -3.66. The predicted molar refractivity (Wildman–Crippen MR) is 73.2 cm³/mol. The van der Waals surface area contributed by atoms with Gasteiger partial charge in [0.05, 0.1) is 16.3 Å². The van der Waals surface area contributed by atoms with Crippen LogP contribution in [0.4, 0.5) is 10.1 Å². The van der Waals surface area contributed by atoms with Crippen molar-refractivity contribution in [1.82, 2.24) is 0 Å². The molecule has 0 saturated heterocycles. The highest BCUT2D eigenvalue weighted by Crippen LogP contribution is 2.23. The van der Waals surface area contributed by atoms with Crippen molar-refractivity contribution in [3.63, 3.8) is 0 Å². The number of halogens is 2. The first-order valence-electron chi connectivity index (χ1n) is 5.41. The van der Waals surface area contributed by atoms with Crippen molar-refractivity contribution in [2.45, 2.75) is 10.6 Å². The molecule has 0 spiro atoms. The molecule has 0 heterocycles. The van der Waals surface area contributed by atoms with Crippen LogP contribution in [0.2, 0.25) is 5.02 Å². The number of anilines is 1. The third-order valence-corrected chi connectivity index (χ3v) is 4.67. The quantitative estimate of drug-likeness (QED) is 0.886. The van der Waals surface area contributed by atoms with Gasteiger partial charge in [0.15, 0.2) is 9.84 Å². The van der Waals surface area contributed by atoms with Crippen LogP contribution in [0.15, 0.2) is 47.4 Å². The molecule has 0 unspecified atom stereocenters. The molecule has 6 heteroatoms. The fraction of sp³-hybridized carbons (Fsp3) is 0.0769. The second-order valence-electron chi connectivity index (χ2n) is 4.03. The first-order valence-corrected chi connectivity index (χ1v) is 7.44. The molecule has 2 rings (SSSR count). The van der Waals surface area contributed by atoms with Gasteiger partial charge in [-0.15, -0.1) is 0 Å². The molecule has 0 aliphatic heterocycles. The first kappa shape index (κ1) is 13.8. The van der Waals surface area contributed by atoms with E-state index < -0.39 is 15.7 Å². The Balaban J connectivity index is 2.38. The van der Waals surface area contributed by atoms with Crippen LogP contribution >= 0.6 is 11.6 Å². The highest BCUT2D eigenvalue weighted by molar-refractivity contribution is 7.90. The monoisotopic (exact) mass is 299 g/mol. The minimum Gasteiger partial charge on any atom is -0.396 e. The summed E-state index contributed by atoms with van der Waals surface area (Å²) in [7, 11) is -3.66. The lowest BCUT2D eigenvalue weighted by atomic mass is 10.2. The summed E-state index contributed by atoms with van der Waals surface area (Å²) in [6, 6.07) is 10.1. The van der Waals surface area contributed by atoms with Gasteiger partial charge in [-0.25, -0.2) is 12.8 Å². The summed E-state index contributed by atoms with van der Waals surface area (Å²) in [5, 5.41) is 0.363. The van der Waals surface area contributed by atoms with Gasteiger partial charge in [-0.1, -0.05) is 29.8 Å². The molecule has 0 atom stereocenters. The van der Waals surface area contributed by atoms with E-state index in [1.165, 1.54) is 12.1 Å². The molecule has 0 aliphatic rings. The Labute approximate surface area is 115 Å². The third-order valence-electron chi connectivity index (χ3n) is 2.63. The Bertz CT molecular complexity index is 716. The number of nitrogen functional groups attached to an aromatic ring is 1. The van der Waals surface area contributed by atoms with E-state index in [0.717, 1.165) is 6.07 Å². The molecular weight excluding hydrogens is 289 g/mol. The Kier molecular flexibility index (Phi) is 3.78. The molecule has 0 amide bonds. The summed E-state index contributed by atoms with van der Waals surface area (Å²) in [4.78, 5) is -0.112. The maximum Gasteiger partial charge on any atom is 0.182 e. The lowest BCUT2D eigenvalue weighted by molar-refractivity contribution is 0.591. The molecule has 100 valence electrons. The molecule has 0 aromatic heterocycles. The molecule has 2 aromatic rings. The number of nitrogens with two attached hydrogens (primary N) is 1. The largest absolute Gasteiger partial charge is 0.396 e. The van der Waals surface area contributed by atoms with Crippen molar-refractivity contribution in [1.29, 1.82) is 0 Å². The van der Waals surface area contributed by atoms with Crippen LogP contribution in [-0.4, -0.2) is 8.42 Å². The van der Waals surface area contributed by atoms with E-state index in [9.17, 15) is 12.8 Å². The number of benzene rings is 2. The number of hydrogen-bond acceptors (Lipinski definition) is 3. The SMILES string of the molecule is Nc1ccc(S(=O)(=O)Cc2ccccc2Cl)cc1F. The lowest BCUT2D eigenvalue weighted by Crippen LogP contribution is -2.06. The normalized spacial score (nSPS) is 11.5. The van der Waals surface area contributed by atoms with Gasteiger partial charge in [0.1, 0.15) is 5.82 Å². The van der Waals surface area contributed by atoms with E-state index in [-0.39, 0.29) is 16.3 Å². The van der Waals surface area contributed by atoms with Crippen LogP contribution in [0.1, 0.15) is 5.56 Å². The molecule has 3 nitrogen and oxygen atoms in total. The molecule has 0 radical (unpaired) electrons. The van der Waals surface area contributed by atoms with Crippen molar-refractivity contribution < 1.29 is 12.8 Å². The second-order valence-corrected chi connectivity index (χ2v) is 6.43. The summed E-state index contributed by atoms with van der Waals surface area (Å²) in [6.07, 6.45) is 0. The second kappa shape index (κ2) is 5.19. The molecule has 0 fully saturated rings. The summed E-state index contributed by atoms with van der Waals surface area (Å²) in [5.41, 5.74) is 5.70. The van der Waals surface area contributed by atoms with Gasteiger partial charge in [-0.2, -0.15) is 0 Å².